The lowest BCUT2D eigenvalue weighted by molar-refractivity contribution is 0.0846. The maximum atomic E-state index is 5.35. The average molecular weight is 270 g/mol. The molecule has 1 rings (SSSR count). The molecule has 0 fully saturated rings. The highest BCUT2D eigenvalue weighted by atomic mass is 32.1. The van der Waals surface area contributed by atoms with Crippen molar-refractivity contribution in [3.8, 4) is 0 Å². The van der Waals surface area contributed by atoms with E-state index in [9.17, 15) is 0 Å². The van der Waals surface area contributed by atoms with Gasteiger partial charge in [0.1, 0.15) is 0 Å². The normalized spacial score (nSPS) is 14.9. The van der Waals surface area contributed by atoms with Crippen molar-refractivity contribution < 1.29 is 4.74 Å². The van der Waals surface area contributed by atoms with Gasteiger partial charge in [0.05, 0.1) is 6.61 Å². The Hall–Kier alpha value is -0.420. The molecule has 2 atom stereocenters. The van der Waals surface area contributed by atoms with Gasteiger partial charge < -0.3 is 10.1 Å². The number of ether oxygens (including phenoxy) is 1. The Morgan fingerprint density at radius 1 is 1.50 bits per heavy atom. The molecule has 0 aromatic carbocycles. The fourth-order valence-corrected chi connectivity index (χ4v) is 2.84. The minimum atomic E-state index is 0.415. The predicted octanol–water partition coefficient (Wildman–Crippen LogP) is 2.76. The lowest BCUT2D eigenvalue weighted by Gasteiger charge is -2.32. The van der Waals surface area contributed by atoms with Crippen molar-refractivity contribution in [2.45, 2.75) is 32.4 Å². The second-order valence-corrected chi connectivity index (χ2v) is 5.65. The highest BCUT2D eigenvalue weighted by Gasteiger charge is 2.21. The molecule has 0 amide bonds. The number of likely N-dealkylation sites (N-methyl/N-ethyl adjacent to an activating group) is 1. The SMILES string of the molecule is CCCNCC(COC)N(C)C(C)c1cccs1. The molecule has 0 aliphatic rings. The van der Waals surface area contributed by atoms with E-state index in [4.69, 9.17) is 4.74 Å². The summed E-state index contributed by atoms with van der Waals surface area (Å²) in [6.07, 6.45) is 1.17. The lowest BCUT2D eigenvalue weighted by Crippen LogP contribution is -2.44. The zero-order valence-electron chi connectivity index (χ0n) is 12.0. The summed E-state index contributed by atoms with van der Waals surface area (Å²) in [6.45, 7) is 7.27. The van der Waals surface area contributed by atoms with Gasteiger partial charge in [-0.05, 0) is 38.4 Å². The van der Waals surface area contributed by atoms with Crippen LogP contribution in [-0.2, 0) is 4.74 Å². The van der Waals surface area contributed by atoms with E-state index in [1.807, 2.05) is 11.3 Å². The van der Waals surface area contributed by atoms with Crippen LogP contribution >= 0.6 is 11.3 Å². The first kappa shape index (κ1) is 15.6. The average Bonchev–Trinajstić information content (AvgIpc) is 2.90. The Balaban J connectivity index is 2.54. The Kier molecular flexibility index (Phi) is 7.51. The Labute approximate surface area is 115 Å². The first-order chi connectivity index (χ1) is 8.70. The van der Waals surface area contributed by atoms with Gasteiger partial charge in [-0.2, -0.15) is 0 Å². The molecule has 0 radical (unpaired) electrons. The molecule has 104 valence electrons. The summed E-state index contributed by atoms with van der Waals surface area (Å²) in [5.41, 5.74) is 0. The number of rotatable bonds is 9. The van der Waals surface area contributed by atoms with Gasteiger partial charge >= 0.3 is 0 Å². The van der Waals surface area contributed by atoms with Crippen molar-refractivity contribution in [2.75, 3.05) is 33.9 Å². The van der Waals surface area contributed by atoms with E-state index in [0.29, 0.717) is 12.1 Å². The van der Waals surface area contributed by atoms with Crippen molar-refractivity contribution in [2.24, 2.45) is 0 Å². The number of hydrogen-bond acceptors (Lipinski definition) is 4. The lowest BCUT2D eigenvalue weighted by atomic mass is 10.1. The van der Waals surface area contributed by atoms with Crippen LogP contribution < -0.4 is 5.32 Å². The van der Waals surface area contributed by atoms with Crippen LogP contribution in [0.2, 0.25) is 0 Å². The van der Waals surface area contributed by atoms with E-state index in [0.717, 1.165) is 19.7 Å². The standard InChI is InChI=1S/C14H26N2OS/c1-5-8-15-10-13(11-17-4)16(3)12(2)14-7-6-9-18-14/h6-7,9,12-13,15H,5,8,10-11H2,1-4H3. The first-order valence-corrected chi connectivity index (χ1v) is 7.53. The largest absolute Gasteiger partial charge is 0.383 e. The van der Waals surface area contributed by atoms with Crippen LogP contribution in [0.1, 0.15) is 31.2 Å². The molecule has 0 aliphatic heterocycles. The van der Waals surface area contributed by atoms with Gasteiger partial charge in [-0.3, -0.25) is 4.90 Å². The maximum absolute atomic E-state index is 5.35. The van der Waals surface area contributed by atoms with E-state index in [1.165, 1.54) is 11.3 Å². The van der Waals surface area contributed by atoms with Gasteiger partial charge in [0.15, 0.2) is 0 Å². The van der Waals surface area contributed by atoms with Gasteiger partial charge in [-0.15, -0.1) is 11.3 Å². The summed E-state index contributed by atoms with van der Waals surface area (Å²) in [5, 5.41) is 5.62. The summed E-state index contributed by atoms with van der Waals surface area (Å²) < 4.78 is 5.35. The quantitative estimate of drug-likeness (QED) is 0.698. The molecule has 0 bridgehead atoms. The number of hydrogen-bond donors (Lipinski definition) is 1. The summed E-state index contributed by atoms with van der Waals surface area (Å²) in [4.78, 5) is 3.81. The van der Waals surface area contributed by atoms with E-state index < -0.39 is 0 Å². The molecular formula is C14H26N2OS. The van der Waals surface area contributed by atoms with Crippen molar-refractivity contribution in [1.82, 2.24) is 10.2 Å². The van der Waals surface area contributed by atoms with Crippen molar-refractivity contribution in [1.29, 1.82) is 0 Å². The van der Waals surface area contributed by atoms with E-state index in [-0.39, 0.29) is 0 Å². The second-order valence-electron chi connectivity index (χ2n) is 4.67. The summed E-state index contributed by atoms with van der Waals surface area (Å²) >= 11 is 1.82. The van der Waals surface area contributed by atoms with Crippen LogP contribution in [0.3, 0.4) is 0 Å². The third-order valence-corrected chi connectivity index (χ3v) is 4.35. The minimum Gasteiger partial charge on any atom is -0.383 e. The van der Waals surface area contributed by atoms with E-state index >= 15 is 0 Å². The third-order valence-electron chi connectivity index (χ3n) is 3.31. The number of methoxy groups -OCH3 is 1. The zero-order chi connectivity index (χ0) is 13.4. The fourth-order valence-electron chi connectivity index (χ4n) is 2.00. The molecule has 18 heavy (non-hydrogen) atoms. The van der Waals surface area contributed by atoms with Crippen molar-refractivity contribution >= 4 is 11.3 Å². The highest BCUT2D eigenvalue weighted by Crippen LogP contribution is 2.24. The molecule has 0 saturated heterocycles. The fraction of sp³-hybridized carbons (Fsp3) is 0.714. The molecule has 1 aromatic heterocycles. The topological polar surface area (TPSA) is 24.5 Å². The minimum absolute atomic E-state index is 0.415. The summed E-state index contributed by atoms with van der Waals surface area (Å²) in [7, 11) is 3.96. The maximum Gasteiger partial charge on any atom is 0.0630 e. The van der Waals surface area contributed by atoms with E-state index in [2.05, 4.69) is 48.6 Å². The van der Waals surface area contributed by atoms with Gasteiger partial charge in [-0.1, -0.05) is 13.0 Å². The summed E-state index contributed by atoms with van der Waals surface area (Å²) in [5.74, 6) is 0. The number of thiophene rings is 1. The molecule has 3 nitrogen and oxygen atoms in total. The molecule has 1 aromatic rings. The number of nitrogens with zero attached hydrogens (tertiary/aromatic N) is 1. The van der Waals surface area contributed by atoms with Gasteiger partial charge in [0.2, 0.25) is 0 Å². The van der Waals surface area contributed by atoms with Gasteiger partial charge in [-0.25, -0.2) is 0 Å². The first-order valence-electron chi connectivity index (χ1n) is 6.65. The van der Waals surface area contributed by atoms with Crippen LogP contribution in [0.4, 0.5) is 0 Å². The smallest absolute Gasteiger partial charge is 0.0630 e. The molecule has 1 N–H and O–H groups in total. The Morgan fingerprint density at radius 2 is 2.28 bits per heavy atom. The highest BCUT2D eigenvalue weighted by molar-refractivity contribution is 7.10. The molecule has 1 heterocycles. The summed E-state index contributed by atoms with van der Waals surface area (Å²) in [6, 6.07) is 5.17. The second kappa shape index (κ2) is 8.64. The number of nitrogens with one attached hydrogen (secondary N) is 1. The predicted molar refractivity (Wildman–Crippen MR) is 79.3 cm³/mol. The zero-order valence-corrected chi connectivity index (χ0v) is 12.8. The van der Waals surface area contributed by atoms with Crippen LogP contribution in [0.15, 0.2) is 17.5 Å². The third kappa shape index (κ3) is 4.69. The van der Waals surface area contributed by atoms with Crippen LogP contribution in [0.5, 0.6) is 0 Å². The van der Waals surface area contributed by atoms with Gasteiger partial charge in [0, 0.05) is 30.6 Å². The molecule has 2 unspecified atom stereocenters. The van der Waals surface area contributed by atoms with Crippen molar-refractivity contribution in [3.63, 3.8) is 0 Å². The molecule has 0 aliphatic carbocycles. The molecule has 4 heteroatoms. The van der Waals surface area contributed by atoms with Gasteiger partial charge in [0.25, 0.3) is 0 Å². The Bertz CT molecular complexity index is 303. The van der Waals surface area contributed by atoms with Crippen LogP contribution in [0, 0.1) is 0 Å². The van der Waals surface area contributed by atoms with Crippen LogP contribution in [0.25, 0.3) is 0 Å². The van der Waals surface area contributed by atoms with Crippen molar-refractivity contribution in [3.05, 3.63) is 22.4 Å². The monoisotopic (exact) mass is 270 g/mol. The molecule has 0 spiro atoms. The molecule has 0 saturated carbocycles. The molecular weight excluding hydrogens is 244 g/mol. The van der Waals surface area contributed by atoms with Crippen LogP contribution in [-0.4, -0.2) is 44.8 Å². The van der Waals surface area contributed by atoms with E-state index in [1.54, 1.807) is 7.11 Å². The Morgan fingerprint density at radius 3 is 2.83 bits per heavy atom.